The average Bonchev–Trinajstić information content (AvgIpc) is 2.88. The molecule has 172 valence electrons. The Kier molecular flexibility index (Phi) is 7.68. The second kappa shape index (κ2) is 11.3. The quantitative estimate of drug-likeness (QED) is 0.349. The fourth-order valence-electron chi connectivity index (χ4n) is 3.84. The number of para-hydroxylation sites is 1. The Labute approximate surface area is 199 Å². The van der Waals surface area contributed by atoms with Crippen molar-refractivity contribution in [2.24, 2.45) is 5.73 Å². The van der Waals surface area contributed by atoms with Crippen molar-refractivity contribution in [1.82, 2.24) is 0 Å². The van der Waals surface area contributed by atoms with Crippen LogP contribution in [-0.4, -0.2) is 24.9 Å². The summed E-state index contributed by atoms with van der Waals surface area (Å²) in [5.74, 6) is -0.138. The van der Waals surface area contributed by atoms with E-state index >= 15 is 0 Å². The van der Waals surface area contributed by atoms with Crippen molar-refractivity contribution >= 4 is 22.5 Å². The molecule has 1 unspecified atom stereocenters. The van der Waals surface area contributed by atoms with Crippen molar-refractivity contribution in [3.63, 3.8) is 0 Å². The van der Waals surface area contributed by atoms with Crippen LogP contribution in [0.25, 0.3) is 10.8 Å². The van der Waals surface area contributed by atoms with Gasteiger partial charge in [-0.25, -0.2) is 4.79 Å². The Hall–Kier alpha value is -3.96. The van der Waals surface area contributed by atoms with Gasteiger partial charge in [-0.1, -0.05) is 84.9 Å². The number of nitrogens with two attached hydrogens (primary N) is 1. The maximum atomic E-state index is 13.0. The van der Waals surface area contributed by atoms with Gasteiger partial charge in [-0.2, -0.15) is 0 Å². The minimum Gasteiger partial charge on any atom is -0.482 e. The van der Waals surface area contributed by atoms with Gasteiger partial charge < -0.3 is 15.2 Å². The molecule has 4 rings (SSSR count). The molecule has 1 atom stereocenters. The number of fused-ring (bicyclic) bond motifs is 1. The minimum atomic E-state index is -0.446. The Balaban J connectivity index is 1.31. The molecule has 4 aromatic rings. The monoisotopic (exact) mass is 453 g/mol. The Morgan fingerprint density at radius 1 is 0.765 bits per heavy atom. The van der Waals surface area contributed by atoms with Gasteiger partial charge in [-0.05, 0) is 39.6 Å². The molecule has 5 heteroatoms. The number of rotatable bonds is 10. The molecule has 34 heavy (non-hydrogen) atoms. The molecule has 0 aliphatic rings. The zero-order valence-electron chi connectivity index (χ0n) is 18.9. The van der Waals surface area contributed by atoms with E-state index in [1.54, 1.807) is 12.1 Å². The summed E-state index contributed by atoms with van der Waals surface area (Å²) in [6.07, 6.45) is 0.327. The van der Waals surface area contributed by atoms with Crippen molar-refractivity contribution < 1.29 is 19.1 Å². The summed E-state index contributed by atoms with van der Waals surface area (Å²) < 4.78 is 10.7. The first-order valence-electron chi connectivity index (χ1n) is 11.2. The Bertz CT molecular complexity index is 1250. The van der Waals surface area contributed by atoms with Gasteiger partial charge in [0.05, 0.1) is 5.92 Å². The van der Waals surface area contributed by atoms with Gasteiger partial charge in [0.25, 0.3) is 0 Å². The minimum absolute atomic E-state index is 0.0787. The molecule has 0 saturated carbocycles. The summed E-state index contributed by atoms with van der Waals surface area (Å²) in [5, 5.41) is 2.27. The highest BCUT2D eigenvalue weighted by Gasteiger charge is 2.19. The number of ketones is 1. The zero-order chi connectivity index (χ0) is 23.8. The first-order valence-corrected chi connectivity index (χ1v) is 11.2. The van der Waals surface area contributed by atoms with E-state index in [4.69, 9.17) is 15.2 Å². The van der Waals surface area contributed by atoms with Crippen molar-refractivity contribution in [1.29, 1.82) is 0 Å². The maximum Gasteiger partial charge on any atom is 0.344 e. The van der Waals surface area contributed by atoms with E-state index in [9.17, 15) is 9.59 Å². The zero-order valence-corrected chi connectivity index (χ0v) is 18.9. The van der Waals surface area contributed by atoms with Crippen LogP contribution in [0.5, 0.6) is 5.75 Å². The highest BCUT2D eigenvalue weighted by atomic mass is 16.6. The summed E-state index contributed by atoms with van der Waals surface area (Å²) in [4.78, 5) is 25.0. The largest absolute Gasteiger partial charge is 0.482 e. The summed E-state index contributed by atoms with van der Waals surface area (Å²) in [7, 11) is 0. The Morgan fingerprint density at radius 2 is 1.44 bits per heavy atom. The van der Waals surface area contributed by atoms with E-state index in [-0.39, 0.29) is 31.5 Å². The van der Waals surface area contributed by atoms with Gasteiger partial charge in [-0.15, -0.1) is 0 Å². The molecule has 0 aliphatic carbocycles. The molecule has 0 heterocycles. The molecule has 0 radical (unpaired) electrons. The number of carbonyl (C=O) groups is 2. The van der Waals surface area contributed by atoms with Crippen LogP contribution in [0.15, 0.2) is 97.1 Å². The lowest BCUT2D eigenvalue weighted by molar-refractivity contribution is -0.147. The molecule has 0 aromatic heterocycles. The van der Waals surface area contributed by atoms with E-state index < -0.39 is 5.97 Å². The van der Waals surface area contributed by atoms with Gasteiger partial charge in [-0.3, -0.25) is 4.79 Å². The van der Waals surface area contributed by atoms with Crippen molar-refractivity contribution in [3.8, 4) is 5.75 Å². The maximum absolute atomic E-state index is 13.0. The molecular weight excluding hydrogens is 426 g/mol. The second-order valence-corrected chi connectivity index (χ2v) is 8.12. The predicted octanol–water partition coefficient (Wildman–Crippen LogP) is 4.82. The van der Waals surface area contributed by atoms with Crippen molar-refractivity contribution in [3.05, 3.63) is 114 Å². The van der Waals surface area contributed by atoms with Gasteiger partial charge in [0.2, 0.25) is 0 Å². The summed E-state index contributed by atoms with van der Waals surface area (Å²) in [6, 6.07) is 30.7. The molecule has 0 aliphatic heterocycles. The molecule has 2 N–H and O–H groups in total. The SMILES string of the molecule is NCC(C(=O)Cc1ccc2ccccc2c1)c1ccc(COC(=O)COc2ccccc2)cc1. The number of Topliss-reactive ketones (excluding diaryl/α,β-unsaturated/α-hetero) is 1. The first-order chi connectivity index (χ1) is 16.6. The molecule has 5 nitrogen and oxygen atoms in total. The lowest BCUT2D eigenvalue weighted by Crippen LogP contribution is -2.23. The highest BCUT2D eigenvalue weighted by molar-refractivity contribution is 5.90. The van der Waals surface area contributed by atoms with Crippen LogP contribution in [0.4, 0.5) is 0 Å². The lowest BCUT2D eigenvalue weighted by Gasteiger charge is -2.15. The topological polar surface area (TPSA) is 78.6 Å². The van der Waals surface area contributed by atoms with Crippen LogP contribution in [0.1, 0.15) is 22.6 Å². The number of hydrogen-bond donors (Lipinski definition) is 1. The Morgan fingerprint density at radius 3 is 2.18 bits per heavy atom. The number of carbonyl (C=O) groups excluding carboxylic acids is 2. The van der Waals surface area contributed by atoms with E-state index in [2.05, 4.69) is 12.1 Å². The van der Waals surface area contributed by atoms with E-state index in [1.165, 1.54) is 0 Å². The van der Waals surface area contributed by atoms with Gasteiger partial charge in [0, 0.05) is 13.0 Å². The van der Waals surface area contributed by atoms with Crippen molar-refractivity contribution in [2.75, 3.05) is 13.2 Å². The van der Waals surface area contributed by atoms with E-state index in [0.717, 1.165) is 27.5 Å². The lowest BCUT2D eigenvalue weighted by atomic mass is 9.90. The third kappa shape index (κ3) is 6.09. The summed E-state index contributed by atoms with van der Waals surface area (Å²) in [6.45, 7) is 0.216. The van der Waals surface area contributed by atoms with Crippen LogP contribution < -0.4 is 10.5 Å². The number of benzene rings is 4. The number of esters is 1. The molecule has 0 amide bonds. The number of ether oxygens (including phenoxy) is 2. The molecular formula is C29H27NO4. The first kappa shape index (κ1) is 23.2. The average molecular weight is 454 g/mol. The van der Waals surface area contributed by atoms with Crippen LogP contribution in [0.2, 0.25) is 0 Å². The third-order valence-electron chi connectivity index (χ3n) is 5.70. The smallest absolute Gasteiger partial charge is 0.344 e. The van der Waals surface area contributed by atoms with Crippen LogP contribution in [-0.2, 0) is 27.4 Å². The second-order valence-electron chi connectivity index (χ2n) is 8.12. The molecule has 0 bridgehead atoms. The van der Waals surface area contributed by atoms with Crippen LogP contribution in [0.3, 0.4) is 0 Å². The fourth-order valence-corrected chi connectivity index (χ4v) is 3.84. The van der Waals surface area contributed by atoms with Crippen LogP contribution in [0, 0.1) is 0 Å². The van der Waals surface area contributed by atoms with Gasteiger partial charge in [0.15, 0.2) is 6.61 Å². The normalized spacial score (nSPS) is 11.7. The number of hydrogen-bond acceptors (Lipinski definition) is 5. The van der Waals surface area contributed by atoms with Crippen LogP contribution >= 0.6 is 0 Å². The van der Waals surface area contributed by atoms with E-state index in [1.807, 2.05) is 72.8 Å². The van der Waals surface area contributed by atoms with Crippen molar-refractivity contribution in [2.45, 2.75) is 18.9 Å². The molecule has 0 fully saturated rings. The highest BCUT2D eigenvalue weighted by Crippen LogP contribution is 2.21. The van der Waals surface area contributed by atoms with Gasteiger partial charge >= 0.3 is 5.97 Å². The molecule has 4 aromatic carbocycles. The standard InChI is InChI=1S/C29H27NO4/c30-18-27(28(31)17-22-12-13-23-6-4-5-7-25(23)16-22)24-14-10-21(11-15-24)19-34-29(32)20-33-26-8-2-1-3-9-26/h1-16,27H,17-20,30H2. The van der Waals surface area contributed by atoms with E-state index in [0.29, 0.717) is 12.2 Å². The summed E-state index contributed by atoms with van der Waals surface area (Å²) >= 11 is 0. The molecule has 0 saturated heterocycles. The van der Waals surface area contributed by atoms with Gasteiger partial charge in [0.1, 0.15) is 18.1 Å². The predicted molar refractivity (Wildman–Crippen MR) is 133 cm³/mol. The third-order valence-corrected chi connectivity index (χ3v) is 5.70. The fraction of sp³-hybridized carbons (Fsp3) is 0.172. The summed E-state index contributed by atoms with van der Waals surface area (Å²) in [5.41, 5.74) is 8.62. The molecule has 0 spiro atoms.